The van der Waals surface area contributed by atoms with Crippen LogP contribution in [0.5, 0.6) is 0 Å². The lowest BCUT2D eigenvalue weighted by Gasteiger charge is -2.08. The highest BCUT2D eigenvalue weighted by Crippen LogP contribution is 2.29. The summed E-state index contributed by atoms with van der Waals surface area (Å²) in [7, 11) is 0. The molecule has 0 bridgehead atoms. The molecular formula is C14H16F2OS. The smallest absolute Gasteiger partial charge is 0.147 e. The lowest BCUT2D eigenvalue weighted by atomic mass is 10.1. The topological polar surface area (TPSA) is 17.1 Å². The van der Waals surface area contributed by atoms with Crippen molar-refractivity contribution >= 4 is 17.5 Å². The average molecular weight is 270 g/mol. The van der Waals surface area contributed by atoms with Crippen LogP contribution in [0.2, 0.25) is 0 Å². The molecule has 1 saturated carbocycles. The Balaban J connectivity index is 1.82. The minimum absolute atomic E-state index is 0.0115. The third-order valence-corrected chi connectivity index (χ3v) is 4.62. The molecule has 18 heavy (non-hydrogen) atoms. The molecule has 0 aromatic heterocycles. The Labute approximate surface area is 110 Å². The van der Waals surface area contributed by atoms with E-state index in [1.807, 2.05) is 0 Å². The molecule has 0 radical (unpaired) electrons. The largest absolute Gasteiger partial charge is 0.298 e. The van der Waals surface area contributed by atoms with Crippen molar-refractivity contribution in [3.63, 3.8) is 0 Å². The Kier molecular flexibility index (Phi) is 4.75. The van der Waals surface area contributed by atoms with Gasteiger partial charge in [-0.25, -0.2) is 8.78 Å². The van der Waals surface area contributed by atoms with Crippen molar-refractivity contribution in [3.05, 3.63) is 35.4 Å². The summed E-state index contributed by atoms with van der Waals surface area (Å²) in [6, 6.07) is 3.37. The van der Waals surface area contributed by atoms with Crippen LogP contribution in [0.4, 0.5) is 8.78 Å². The number of hydrogen-bond acceptors (Lipinski definition) is 2. The molecule has 0 saturated heterocycles. The number of carbonyl (C=O) groups is 1. The molecule has 0 heterocycles. The zero-order chi connectivity index (χ0) is 13.0. The molecule has 0 unspecified atom stereocenters. The summed E-state index contributed by atoms with van der Waals surface area (Å²) in [4.78, 5) is 11.7. The van der Waals surface area contributed by atoms with Gasteiger partial charge in [0.05, 0.1) is 5.75 Å². The van der Waals surface area contributed by atoms with Crippen molar-refractivity contribution in [2.24, 2.45) is 0 Å². The zero-order valence-corrected chi connectivity index (χ0v) is 10.9. The van der Waals surface area contributed by atoms with Gasteiger partial charge >= 0.3 is 0 Å². The van der Waals surface area contributed by atoms with Crippen LogP contribution in [0.1, 0.15) is 31.2 Å². The first-order chi connectivity index (χ1) is 8.65. The first kappa shape index (κ1) is 13.5. The van der Waals surface area contributed by atoms with Gasteiger partial charge in [-0.05, 0) is 24.5 Å². The van der Waals surface area contributed by atoms with E-state index in [4.69, 9.17) is 0 Å². The Morgan fingerprint density at radius 1 is 1.28 bits per heavy atom. The number of halogens is 2. The van der Waals surface area contributed by atoms with E-state index >= 15 is 0 Å². The highest BCUT2D eigenvalue weighted by atomic mass is 32.2. The van der Waals surface area contributed by atoms with Crippen LogP contribution in [0.25, 0.3) is 0 Å². The van der Waals surface area contributed by atoms with Gasteiger partial charge < -0.3 is 0 Å². The van der Waals surface area contributed by atoms with Crippen LogP contribution in [-0.4, -0.2) is 16.8 Å². The molecule has 0 spiro atoms. The van der Waals surface area contributed by atoms with Gasteiger partial charge in [0.1, 0.15) is 17.4 Å². The molecule has 1 aromatic carbocycles. The number of Topliss-reactive ketones (excluding diaryl/α,β-unsaturated/α-hetero) is 1. The molecule has 0 aliphatic heterocycles. The van der Waals surface area contributed by atoms with Crippen molar-refractivity contribution < 1.29 is 13.6 Å². The Morgan fingerprint density at radius 2 is 2.00 bits per heavy atom. The molecule has 1 nitrogen and oxygen atoms in total. The molecule has 1 aliphatic carbocycles. The summed E-state index contributed by atoms with van der Waals surface area (Å²) in [6.45, 7) is 0. The fourth-order valence-electron chi connectivity index (χ4n) is 2.19. The van der Waals surface area contributed by atoms with Gasteiger partial charge in [-0.15, -0.1) is 0 Å². The standard InChI is InChI=1S/C14H16F2OS/c15-11-6-5-10(14(16)8-11)7-12(17)9-18-13-3-1-2-4-13/h5-6,8,13H,1-4,7,9H2. The van der Waals surface area contributed by atoms with Crippen LogP contribution >= 0.6 is 11.8 Å². The molecule has 4 heteroatoms. The number of carbonyl (C=O) groups excluding carboxylic acids is 1. The number of ketones is 1. The second-order valence-corrected chi connectivity index (χ2v) is 5.96. The number of benzene rings is 1. The molecule has 98 valence electrons. The summed E-state index contributed by atoms with van der Waals surface area (Å²) in [6.07, 6.45) is 4.93. The predicted octanol–water partition coefficient (Wildman–Crippen LogP) is 3.75. The minimum Gasteiger partial charge on any atom is -0.298 e. The van der Waals surface area contributed by atoms with Gasteiger partial charge in [-0.2, -0.15) is 11.8 Å². The summed E-state index contributed by atoms with van der Waals surface area (Å²) in [5, 5.41) is 0.590. The molecule has 2 rings (SSSR count). The molecule has 1 aliphatic rings. The summed E-state index contributed by atoms with van der Waals surface area (Å²) >= 11 is 1.67. The monoisotopic (exact) mass is 270 g/mol. The number of hydrogen-bond donors (Lipinski definition) is 0. The van der Waals surface area contributed by atoms with Crippen molar-refractivity contribution in [2.45, 2.75) is 37.4 Å². The minimum atomic E-state index is -0.630. The van der Waals surface area contributed by atoms with Crippen LogP contribution < -0.4 is 0 Å². The highest BCUT2D eigenvalue weighted by molar-refractivity contribution is 8.00. The fourth-order valence-corrected chi connectivity index (χ4v) is 3.38. The van der Waals surface area contributed by atoms with Crippen LogP contribution in [0.3, 0.4) is 0 Å². The van der Waals surface area contributed by atoms with Gasteiger partial charge in [0, 0.05) is 17.7 Å². The van der Waals surface area contributed by atoms with Gasteiger partial charge in [-0.1, -0.05) is 18.9 Å². The maximum atomic E-state index is 13.4. The second kappa shape index (κ2) is 6.32. The normalized spacial score (nSPS) is 16.1. The quantitative estimate of drug-likeness (QED) is 0.810. The lowest BCUT2D eigenvalue weighted by molar-refractivity contribution is -0.116. The van der Waals surface area contributed by atoms with Crippen molar-refractivity contribution in [1.82, 2.24) is 0 Å². The first-order valence-corrected chi connectivity index (χ1v) is 7.27. The summed E-state index contributed by atoms with van der Waals surface area (Å²) in [5.41, 5.74) is 0.286. The van der Waals surface area contributed by atoms with Crippen molar-refractivity contribution in [2.75, 3.05) is 5.75 Å². The maximum absolute atomic E-state index is 13.4. The zero-order valence-electron chi connectivity index (χ0n) is 10.1. The third kappa shape index (κ3) is 3.80. The SMILES string of the molecule is O=C(CSC1CCCC1)Cc1ccc(F)cc1F. The molecule has 0 atom stereocenters. The molecular weight excluding hydrogens is 254 g/mol. The van der Waals surface area contributed by atoms with E-state index in [1.165, 1.54) is 37.8 Å². The second-order valence-electron chi connectivity index (χ2n) is 4.67. The third-order valence-electron chi connectivity index (χ3n) is 3.18. The molecule has 0 amide bonds. The van der Waals surface area contributed by atoms with E-state index in [0.717, 1.165) is 6.07 Å². The molecule has 1 fully saturated rings. The van der Waals surface area contributed by atoms with E-state index in [-0.39, 0.29) is 17.8 Å². The van der Waals surface area contributed by atoms with Crippen LogP contribution in [0.15, 0.2) is 18.2 Å². The van der Waals surface area contributed by atoms with E-state index in [9.17, 15) is 13.6 Å². The predicted molar refractivity (Wildman–Crippen MR) is 69.8 cm³/mol. The molecule has 1 aromatic rings. The van der Waals surface area contributed by atoms with Gasteiger partial charge in [-0.3, -0.25) is 4.79 Å². The Morgan fingerprint density at radius 3 is 2.67 bits per heavy atom. The first-order valence-electron chi connectivity index (χ1n) is 6.22. The lowest BCUT2D eigenvalue weighted by Crippen LogP contribution is -2.10. The van der Waals surface area contributed by atoms with Gasteiger partial charge in [0.15, 0.2) is 0 Å². The van der Waals surface area contributed by atoms with E-state index < -0.39 is 11.6 Å². The highest BCUT2D eigenvalue weighted by Gasteiger charge is 2.17. The summed E-state index contributed by atoms with van der Waals surface area (Å²) in [5.74, 6) is -0.794. The van der Waals surface area contributed by atoms with Crippen LogP contribution in [0, 0.1) is 11.6 Å². The van der Waals surface area contributed by atoms with E-state index in [1.54, 1.807) is 11.8 Å². The fraction of sp³-hybridized carbons (Fsp3) is 0.500. The van der Waals surface area contributed by atoms with E-state index in [2.05, 4.69) is 0 Å². The van der Waals surface area contributed by atoms with Crippen molar-refractivity contribution in [1.29, 1.82) is 0 Å². The van der Waals surface area contributed by atoms with Crippen LogP contribution in [-0.2, 0) is 11.2 Å². The van der Waals surface area contributed by atoms with E-state index in [0.29, 0.717) is 11.0 Å². The maximum Gasteiger partial charge on any atom is 0.147 e. The van der Waals surface area contributed by atoms with Gasteiger partial charge in [0.2, 0.25) is 0 Å². The Hall–Kier alpha value is -0.900. The number of rotatable bonds is 5. The summed E-state index contributed by atoms with van der Waals surface area (Å²) < 4.78 is 26.1. The molecule has 0 N–H and O–H groups in total. The number of thioether (sulfide) groups is 1. The van der Waals surface area contributed by atoms with Crippen molar-refractivity contribution in [3.8, 4) is 0 Å². The Bertz CT molecular complexity index is 428. The average Bonchev–Trinajstić information content (AvgIpc) is 2.83. The van der Waals surface area contributed by atoms with Gasteiger partial charge in [0.25, 0.3) is 0 Å².